The van der Waals surface area contributed by atoms with Gasteiger partial charge in [-0.05, 0) is 37.3 Å². The van der Waals surface area contributed by atoms with Crippen molar-refractivity contribution < 1.29 is 32.2 Å². The van der Waals surface area contributed by atoms with Crippen molar-refractivity contribution >= 4 is 11.8 Å². The molecule has 0 saturated carbocycles. The molecular formula is C18H21F3N2O4. The van der Waals surface area contributed by atoms with E-state index in [0.29, 0.717) is 13.0 Å². The Morgan fingerprint density at radius 2 is 1.85 bits per heavy atom. The van der Waals surface area contributed by atoms with Gasteiger partial charge in [-0.25, -0.2) is 0 Å². The zero-order chi connectivity index (χ0) is 19.5. The molecule has 2 amide bonds. The minimum Gasteiger partial charge on any atom is -0.381 e. The van der Waals surface area contributed by atoms with Crippen molar-refractivity contribution in [1.82, 2.24) is 10.9 Å². The van der Waals surface area contributed by atoms with Crippen LogP contribution in [0.25, 0.3) is 0 Å². The molecule has 27 heavy (non-hydrogen) atoms. The Kier molecular flexibility index (Phi) is 5.71. The first-order valence-electron chi connectivity index (χ1n) is 8.80. The zero-order valence-corrected chi connectivity index (χ0v) is 14.6. The van der Waals surface area contributed by atoms with Gasteiger partial charge in [0.05, 0.1) is 11.0 Å². The highest BCUT2D eigenvalue weighted by Gasteiger charge is 2.43. The first kappa shape index (κ1) is 19.6. The van der Waals surface area contributed by atoms with E-state index in [-0.39, 0.29) is 31.6 Å². The van der Waals surface area contributed by atoms with Crippen molar-refractivity contribution in [3.63, 3.8) is 0 Å². The highest BCUT2D eigenvalue weighted by atomic mass is 19.4. The average molecular weight is 386 g/mol. The monoisotopic (exact) mass is 386 g/mol. The zero-order valence-electron chi connectivity index (χ0n) is 14.6. The normalized spacial score (nSPS) is 22.3. The predicted octanol–water partition coefficient (Wildman–Crippen LogP) is 2.08. The van der Waals surface area contributed by atoms with E-state index in [9.17, 15) is 22.8 Å². The number of amides is 2. The lowest BCUT2D eigenvalue weighted by atomic mass is 9.73. The Balaban J connectivity index is 1.80. The Hall–Kier alpha value is -2.13. The summed E-state index contributed by atoms with van der Waals surface area (Å²) in [6.07, 6.45) is -3.37. The standard InChI is InChI=1S/C18H21F3N2O4/c19-18(20,21)13-4-1-3-12(11-13)17(6-9-26-10-7-17)16(25)23-22-15(24)14-5-2-8-27-14/h1,3-4,11,14H,2,5-10H2,(H,22,24)(H,23,25)/t14-/m1/s1. The van der Waals surface area contributed by atoms with E-state index in [0.717, 1.165) is 18.6 Å². The van der Waals surface area contributed by atoms with Gasteiger partial charge in [-0.1, -0.05) is 18.2 Å². The average Bonchev–Trinajstić information content (AvgIpc) is 3.20. The van der Waals surface area contributed by atoms with Crippen molar-refractivity contribution in [3.8, 4) is 0 Å². The largest absolute Gasteiger partial charge is 0.416 e. The van der Waals surface area contributed by atoms with Crippen LogP contribution in [0.1, 0.15) is 36.8 Å². The third-order valence-corrected chi connectivity index (χ3v) is 5.04. The summed E-state index contributed by atoms with van der Waals surface area (Å²) in [5, 5.41) is 0. The Morgan fingerprint density at radius 1 is 1.11 bits per heavy atom. The number of carbonyl (C=O) groups is 2. The van der Waals surface area contributed by atoms with Crippen LogP contribution >= 0.6 is 0 Å². The van der Waals surface area contributed by atoms with Gasteiger partial charge in [-0.15, -0.1) is 0 Å². The van der Waals surface area contributed by atoms with E-state index in [1.54, 1.807) is 0 Å². The number of carbonyl (C=O) groups excluding carboxylic acids is 2. The van der Waals surface area contributed by atoms with E-state index in [4.69, 9.17) is 9.47 Å². The summed E-state index contributed by atoms with van der Waals surface area (Å²) in [6, 6.07) is 4.75. The lowest BCUT2D eigenvalue weighted by Gasteiger charge is -2.36. The Morgan fingerprint density at radius 3 is 2.48 bits per heavy atom. The summed E-state index contributed by atoms with van der Waals surface area (Å²) < 4.78 is 49.8. The summed E-state index contributed by atoms with van der Waals surface area (Å²) in [5.41, 5.74) is 2.94. The van der Waals surface area contributed by atoms with E-state index < -0.39 is 35.1 Å². The molecule has 0 bridgehead atoms. The van der Waals surface area contributed by atoms with Gasteiger partial charge >= 0.3 is 6.18 Å². The van der Waals surface area contributed by atoms with Gasteiger partial charge in [0.2, 0.25) is 5.91 Å². The molecule has 2 aliphatic heterocycles. The molecule has 2 N–H and O–H groups in total. The van der Waals surface area contributed by atoms with Crippen LogP contribution in [-0.4, -0.2) is 37.7 Å². The summed E-state index contributed by atoms with van der Waals surface area (Å²) in [6.45, 7) is 0.963. The predicted molar refractivity (Wildman–Crippen MR) is 88.4 cm³/mol. The number of ether oxygens (including phenoxy) is 2. The van der Waals surface area contributed by atoms with Crippen LogP contribution < -0.4 is 10.9 Å². The molecule has 2 heterocycles. The van der Waals surface area contributed by atoms with Crippen LogP contribution in [0, 0.1) is 0 Å². The maximum Gasteiger partial charge on any atom is 0.416 e. The molecule has 2 fully saturated rings. The van der Waals surface area contributed by atoms with Gasteiger partial charge in [0.15, 0.2) is 0 Å². The van der Waals surface area contributed by atoms with Crippen LogP contribution in [0.2, 0.25) is 0 Å². The van der Waals surface area contributed by atoms with Crippen molar-refractivity contribution in [1.29, 1.82) is 0 Å². The summed E-state index contributed by atoms with van der Waals surface area (Å²) in [4.78, 5) is 24.9. The Labute approximate surface area is 154 Å². The third kappa shape index (κ3) is 4.24. The second-order valence-corrected chi connectivity index (χ2v) is 6.72. The van der Waals surface area contributed by atoms with Crippen LogP contribution in [0.4, 0.5) is 13.2 Å². The van der Waals surface area contributed by atoms with Gasteiger partial charge in [-0.2, -0.15) is 13.2 Å². The number of benzene rings is 1. The fourth-order valence-electron chi connectivity index (χ4n) is 3.46. The van der Waals surface area contributed by atoms with E-state index in [1.165, 1.54) is 12.1 Å². The van der Waals surface area contributed by atoms with Crippen LogP contribution in [0.5, 0.6) is 0 Å². The lowest BCUT2D eigenvalue weighted by molar-refractivity contribution is -0.139. The molecule has 0 unspecified atom stereocenters. The molecule has 148 valence electrons. The minimum absolute atomic E-state index is 0.218. The topological polar surface area (TPSA) is 76.7 Å². The highest BCUT2D eigenvalue weighted by Crippen LogP contribution is 2.38. The maximum atomic E-state index is 13.1. The fourth-order valence-corrected chi connectivity index (χ4v) is 3.46. The first-order valence-corrected chi connectivity index (χ1v) is 8.80. The minimum atomic E-state index is -4.51. The molecule has 1 aromatic rings. The molecular weight excluding hydrogens is 365 g/mol. The number of nitrogens with one attached hydrogen (secondary N) is 2. The van der Waals surface area contributed by atoms with Gasteiger partial charge in [0.1, 0.15) is 6.10 Å². The van der Waals surface area contributed by atoms with Crippen molar-refractivity contribution in [2.45, 2.75) is 43.4 Å². The number of hydrogen-bond donors (Lipinski definition) is 2. The van der Waals surface area contributed by atoms with Gasteiger partial charge < -0.3 is 9.47 Å². The molecule has 9 heteroatoms. The van der Waals surface area contributed by atoms with Crippen molar-refractivity contribution in [2.24, 2.45) is 0 Å². The van der Waals surface area contributed by atoms with Crippen molar-refractivity contribution in [3.05, 3.63) is 35.4 Å². The summed E-state index contributed by atoms with van der Waals surface area (Å²) in [5.74, 6) is -1.02. The molecule has 0 aliphatic carbocycles. The molecule has 1 atom stereocenters. The SMILES string of the molecule is O=C(NNC(=O)C1(c2cccc(C(F)(F)F)c2)CCOCC1)[C@H]1CCCO1. The number of hydrazine groups is 1. The van der Waals surface area contributed by atoms with Crippen LogP contribution in [0.15, 0.2) is 24.3 Å². The molecule has 2 saturated heterocycles. The van der Waals surface area contributed by atoms with Crippen molar-refractivity contribution in [2.75, 3.05) is 19.8 Å². The molecule has 6 nitrogen and oxygen atoms in total. The molecule has 2 aliphatic rings. The second-order valence-electron chi connectivity index (χ2n) is 6.72. The summed E-state index contributed by atoms with van der Waals surface area (Å²) >= 11 is 0. The molecule has 0 radical (unpaired) electrons. The van der Waals surface area contributed by atoms with Crippen LogP contribution in [0.3, 0.4) is 0 Å². The third-order valence-electron chi connectivity index (χ3n) is 5.04. The smallest absolute Gasteiger partial charge is 0.381 e. The number of alkyl halides is 3. The molecule has 1 aromatic carbocycles. The van der Waals surface area contributed by atoms with E-state index >= 15 is 0 Å². The first-order chi connectivity index (χ1) is 12.8. The second kappa shape index (κ2) is 7.85. The number of rotatable bonds is 3. The molecule has 3 rings (SSSR count). The molecule has 0 spiro atoms. The van der Waals surface area contributed by atoms with Gasteiger partial charge in [0, 0.05) is 19.8 Å². The van der Waals surface area contributed by atoms with Gasteiger partial charge in [0.25, 0.3) is 5.91 Å². The number of halogens is 3. The fraction of sp³-hybridized carbons (Fsp3) is 0.556. The Bertz CT molecular complexity index is 696. The van der Waals surface area contributed by atoms with E-state index in [2.05, 4.69) is 10.9 Å². The summed E-state index contributed by atoms with van der Waals surface area (Å²) in [7, 11) is 0. The highest BCUT2D eigenvalue weighted by molar-refractivity contribution is 5.91. The van der Waals surface area contributed by atoms with E-state index in [1.807, 2.05) is 0 Å². The number of hydrogen-bond acceptors (Lipinski definition) is 4. The van der Waals surface area contributed by atoms with Gasteiger partial charge in [-0.3, -0.25) is 20.4 Å². The maximum absolute atomic E-state index is 13.1. The molecule has 0 aromatic heterocycles. The lowest BCUT2D eigenvalue weighted by Crippen LogP contribution is -2.55. The quantitative estimate of drug-likeness (QED) is 0.780. The van der Waals surface area contributed by atoms with Crippen LogP contribution in [-0.2, 0) is 30.7 Å².